The molecule has 3 aliphatic heterocycles. The van der Waals surface area contributed by atoms with Gasteiger partial charge in [0, 0.05) is 6.42 Å². The zero-order valence-electron chi connectivity index (χ0n) is 16.2. The van der Waals surface area contributed by atoms with E-state index >= 15 is 0 Å². The highest BCUT2D eigenvalue weighted by Gasteiger charge is 2.56. The van der Waals surface area contributed by atoms with Gasteiger partial charge in [-0.05, 0) is 13.8 Å². The van der Waals surface area contributed by atoms with Crippen molar-refractivity contribution in [1.82, 2.24) is 19.5 Å². The lowest BCUT2D eigenvalue weighted by molar-refractivity contribution is -0.199. The van der Waals surface area contributed by atoms with Gasteiger partial charge < -0.3 is 29.4 Å². The first-order chi connectivity index (χ1) is 13.9. The first-order valence-electron chi connectivity index (χ1n) is 9.73. The van der Waals surface area contributed by atoms with Crippen LogP contribution >= 0.6 is 0 Å². The zero-order valence-corrected chi connectivity index (χ0v) is 16.2. The molecule has 0 bridgehead atoms. The standard InChI is InChI=1S/C18H24FN5O5/c1-18(2)28-13-11(4-25)27-17(14(13)29-18)24-8-22-12-15(20-7-21-16(12)24)23-10-3-9(19)5-26-6-10/h7-11,13-14,17,25H,3-6H2,1-2H3,(H,20,21,23)/t9?,10?,11-,13-,14-,17-/m1/s1. The smallest absolute Gasteiger partial charge is 0.167 e. The Morgan fingerprint density at radius 3 is 2.86 bits per heavy atom. The van der Waals surface area contributed by atoms with Crippen molar-refractivity contribution >= 4 is 17.0 Å². The molecule has 158 valence electrons. The van der Waals surface area contributed by atoms with Gasteiger partial charge in [0.1, 0.15) is 30.8 Å². The Hall–Kier alpha value is -1.92. The number of aliphatic hydroxyl groups is 1. The van der Waals surface area contributed by atoms with E-state index in [9.17, 15) is 9.50 Å². The maximum atomic E-state index is 13.6. The third kappa shape index (κ3) is 3.36. The lowest BCUT2D eigenvalue weighted by Gasteiger charge is -2.26. The van der Waals surface area contributed by atoms with Gasteiger partial charge in [0.05, 0.1) is 32.2 Å². The first kappa shape index (κ1) is 19.1. The Balaban J connectivity index is 1.44. The molecule has 6 atom stereocenters. The second-order valence-electron chi connectivity index (χ2n) is 8.07. The van der Waals surface area contributed by atoms with E-state index in [1.54, 1.807) is 10.9 Å². The van der Waals surface area contributed by atoms with Crippen LogP contribution in [0.15, 0.2) is 12.7 Å². The molecule has 2 aromatic heterocycles. The summed E-state index contributed by atoms with van der Waals surface area (Å²) in [4.78, 5) is 13.1. The number of alkyl halides is 1. The Labute approximate surface area is 166 Å². The average Bonchev–Trinajstić information content (AvgIpc) is 3.33. The maximum absolute atomic E-state index is 13.6. The third-order valence-corrected chi connectivity index (χ3v) is 5.44. The quantitative estimate of drug-likeness (QED) is 0.756. The van der Waals surface area contributed by atoms with Crippen LogP contribution in [0.25, 0.3) is 11.2 Å². The molecule has 3 fully saturated rings. The van der Waals surface area contributed by atoms with Crippen molar-refractivity contribution in [3.05, 3.63) is 12.7 Å². The van der Waals surface area contributed by atoms with Crippen molar-refractivity contribution in [1.29, 1.82) is 0 Å². The molecule has 0 saturated carbocycles. The fourth-order valence-electron chi connectivity index (χ4n) is 4.25. The lowest BCUT2D eigenvalue weighted by Crippen LogP contribution is -2.36. The minimum absolute atomic E-state index is 0.123. The predicted molar refractivity (Wildman–Crippen MR) is 97.9 cm³/mol. The molecule has 11 heteroatoms. The molecule has 0 spiro atoms. The molecule has 2 unspecified atom stereocenters. The topological polar surface area (TPSA) is 113 Å². The summed E-state index contributed by atoms with van der Waals surface area (Å²) in [6.45, 7) is 4.00. The number of hydrogen-bond acceptors (Lipinski definition) is 9. The van der Waals surface area contributed by atoms with E-state index in [2.05, 4.69) is 20.3 Å². The molecule has 10 nitrogen and oxygen atoms in total. The molecular weight excluding hydrogens is 385 g/mol. The van der Waals surface area contributed by atoms with Crippen molar-refractivity contribution < 1.29 is 28.4 Å². The van der Waals surface area contributed by atoms with E-state index in [0.717, 1.165) is 0 Å². The number of anilines is 1. The lowest BCUT2D eigenvalue weighted by atomic mass is 10.1. The molecule has 0 aliphatic carbocycles. The van der Waals surface area contributed by atoms with Gasteiger partial charge in [0.2, 0.25) is 0 Å². The monoisotopic (exact) mass is 409 g/mol. The number of fused-ring (bicyclic) bond motifs is 2. The van der Waals surface area contributed by atoms with Gasteiger partial charge >= 0.3 is 0 Å². The van der Waals surface area contributed by atoms with E-state index < -0.39 is 36.5 Å². The van der Waals surface area contributed by atoms with Gasteiger partial charge in [-0.25, -0.2) is 19.3 Å². The van der Waals surface area contributed by atoms with Crippen molar-refractivity contribution in [2.24, 2.45) is 0 Å². The second kappa shape index (κ2) is 7.10. The van der Waals surface area contributed by atoms with Crippen molar-refractivity contribution in [2.45, 2.75) is 62.8 Å². The second-order valence-corrected chi connectivity index (χ2v) is 8.07. The van der Waals surface area contributed by atoms with E-state index in [0.29, 0.717) is 30.0 Å². The Morgan fingerprint density at radius 2 is 2.07 bits per heavy atom. The minimum Gasteiger partial charge on any atom is -0.394 e. The average molecular weight is 409 g/mol. The molecule has 0 aromatic carbocycles. The summed E-state index contributed by atoms with van der Waals surface area (Å²) in [5, 5.41) is 12.9. The summed E-state index contributed by atoms with van der Waals surface area (Å²) in [7, 11) is 0. The summed E-state index contributed by atoms with van der Waals surface area (Å²) < 4.78 is 38.6. The Morgan fingerprint density at radius 1 is 1.24 bits per heavy atom. The predicted octanol–water partition coefficient (Wildman–Crippen LogP) is 0.775. The van der Waals surface area contributed by atoms with Crippen LogP contribution in [-0.2, 0) is 18.9 Å². The molecule has 29 heavy (non-hydrogen) atoms. The van der Waals surface area contributed by atoms with E-state index in [1.165, 1.54) is 6.33 Å². The maximum Gasteiger partial charge on any atom is 0.167 e. The van der Waals surface area contributed by atoms with E-state index in [4.69, 9.17) is 18.9 Å². The van der Waals surface area contributed by atoms with Gasteiger partial charge in [-0.3, -0.25) is 4.57 Å². The first-order valence-corrected chi connectivity index (χ1v) is 9.73. The molecule has 5 heterocycles. The normalized spacial score (nSPS) is 36.4. The molecule has 2 N–H and O–H groups in total. The zero-order chi connectivity index (χ0) is 20.2. The number of nitrogens with one attached hydrogen (secondary N) is 1. The van der Waals surface area contributed by atoms with Gasteiger partial charge in [-0.15, -0.1) is 0 Å². The highest BCUT2D eigenvalue weighted by molar-refractivity contribution is 5.82. The van der Waals surface area contributed by atoms with Gasteiger partial charge in [0.25, 0.3) is 0 Å². The third-order valence-electron chi connectivity index (χ3n) is 5.44. The summed E-state index contributed by atoms with van der Waals surface area (Å²) in [6.07, 6.45) is 0.507. The van der Waals surface area contributed by atoms with Crippen LogP contribution in [0.3, 0.4) is 0 Å². The fraction of sp³-hybridized carbons (Fsp3) is 0.722. The highest BCUT2D eigenvalue weighted by Crippen LogP contribution is 2.43. The van der Waals surface area contributed by atoms with E-state index in [-0.39, 0.29) is 19.3 Å². The number of hydrogen-bond donors (Lipinski definition) is 2. The number of nitrogens with zero attached hydrogens (tertiary/aromatic N) is 4. The van der Waals surface area contributed by atoms with Crippen LogP contribution in [0.1, 0.15) is 26.5 Å². The minimum atomic E-state index is -1.00. The van der Waals surface area contributed by atoms with Crippen LogP contribution in [0, 0.1) is 0 Å². The van der Waals surface area contributed by atoms with Gasteiger partial charge in [0.15, 0.2) is 29.0 Å². The summed E-state index contributed by atoms with van der Waals surface area (Å²) in [6, 6.07) is -0.194. The van der Waals surface area contributed by atoms with Crippen molar-refractivity contribution in [3.63, 3.8) is 0 Å². The number of aromatic nitrogens is 4. The van der Waals surface area contributed by atoms with Crippen molar-refractivity contribution in [3.8, 4) is 0 Å². The van der Waals surface area contributed by atoms with Gasteiger partial charge in [-0.2, -0.15) is 0 Å². The molecule has 0 radical (unpaired) electrons. The molecule has 3 saturated heterocycles. The Kier molecular flexibility index (Phi) is 4.67. The molecule has 3 aliphatic rings. The van der Waals surface area contributed by atoms with Crippen LogP contribution in [0.4, 0.5) is 10.2 Å². The van der Waals surface area contributed by atoms with Gasteiger partial charge in [-0.1, -0.05) is 0 Å². The fourth-order valence-corrected chi connectivity index (χ4v) is 4.25. The summed E-state index contributed by atoms with van der Waals surface area (Å²) in [5.41, 5.74) is 1.09. The SMILES string of the molecule is CC1(C)O[C@@H]2[C@H](O1)[C@@H](CO)O[C@H]2n1cnc2c(NC3COCC(F)C3)ncnc21. The molecule has 2 aromatic rings. The molecule has 5 rings (SSSR count). The van der Waals surface area contributed by atoms with Crippen LogP contribution in [-0.4, -0.2) is 80.8 Å². The number of aliphatic hydroxyl groups excluding tert-OH is 1. The Bertz CT molecular complexity index is 895. The highest BCUT2D eigenvalue weighted by atomic mass is 19.1. The number of ether oxygens (including phenoxy) is 4. The largest absolute Gasteiger partial charge is 0.394 e. The van der Waals surface area contributed by atoms with Crippen LogP contribution in [0.2, 0.25) is 0 Å². The summed E-state index contributed by atoms with van der Waals surface area (Å²) in [5.74, 6) is -0.263. The van der Waals surface area contributed by atoms with Crippen molar-refractivity contribution in [2.75, 3.05) is 25.1 Å². The van der Waals surface area contributed by atoms with Crippen LogP contribution < -0.4 is 5.32 Å². The molecular formula is C18H24FN5O5. The van der Waals surface area contributed by atoms with Crippen LogP contribution in [0.5, 0.6) is 0 Å². The number of imidazole rings is 1. The summed E-state index contributed by atoms with van der Waals surface area (Å²) >= 11 is 0. The number of rotatable bonds is 4. The molecule has 0 amide bonds. The number of halogens is 1. The van der Waals surface area contributed by atoms with E-state index in [1.807, 2.05) is 13.8 Å².